The van der Waals surface area contributed by atoms with Crippen molar-refractivity contribution >= 4 is 0 Å². The Morgan fingerprint density at radius 2 is 1.60 bits per heavy atom. The van der Waals surface area contributed by atoms with Gasteiger partial charge in [0.1, 0.15) is 0 Å². The zero-order chi connectivity index (χ0) is 18.2. The van der Waals surface area contributed by atoms with E-state index in [0.29, 0.717) is 24.3 Å². The van der Waals surface area contributed by atoms with Crippen LogP contribution in [-0.2, 0) is 0 Å². The second-order valence-corrected chi connectivity index (χ2v) is 8.80. The molecule has 0 amide bonds. The highest BCUT2D eigenvalue weighted by Crippen LogP contribution is 2.20. The highest BCUT2D eigenvalue weighted by Gasteiger charge is 2.28. The average molecular weight is 354 g/mol. The Bertz CT molecular complexity index is 352. The van der Waals surface area contributed by atoms with Gasteiger partial charge in [-0.3, -0.25) is 15.1 Å². The second kappa shape index (κ2) is 10.8. The molecule has 25 heavy (non-hydrogen) atoms. The van der Waals surface area contributed by atoms with E-state index in [1.807, 2.05) is 0 Å². The van der Waals surface area contributed by atoms with Gasteiger partial charge in [0.15, 0.2) is 0 Å². The summed E-state index contributed by atoms with van der Waals surface area (Å²) in [5.74, 6) is 0. The molecule has 5 nitrogen and oxygen atoms in total. The zero-order valence-corrected chi connectivity index (χ0v) is 17.4. The Balaban J connectivity index is 1.68. The molecule has 0 aromatic heterocycles. The maximum absolute atomic E-state index is 3.96. The van der Waals surface area contributed by atoms with Gasteiger partial charge in [0.2, 0.25) is 0 Å². The second-order valence-electron chi connectivity index (χ2n) is 8.80. The van der Waals surface area contributed by atoms with Crippen molar-refractivity contribution in [2.45, 2.75) is 90.1 Å². The number of rotatable bonds is 9. The lowest BCUT2D eigenvalue weighted by atomic mass is 9.90. The lowest BCUT2D eigenvalue weighted by Crippen LogP contribution is -2.60. The molecule has 1 saturated carbocycles. The molecule has 1 aliphatic carbocycles. The summed E-state index contributed by atoms with van der Waals surface area (Å²) in [7, 11) is 2.28. The van der Waals surface area contributed by atoms with Crippen molar-refractivity contribution in [3.05, 3.63) is 0 Å². The van der Waals surface area contributed by atoms with Gasteiger partial charge in [-0.2, -0.15) is 0 Å². The first-order valence-corrected chi connectivity index (χ1v) is 10.6. The highest BCUT2D eigenvalue weighted by atomic mass is 15.3. The number of likely N-dealkylation sites (N-methyl/N-ethyl adjacent to an activating group) is 1. The molecule has 1 saturated heterocycles. The smallest absolute Gasteiger partial charge is 0.0728 e. The monoisotopic (exact) mass is 353 g/mol. The first-order chi connectivity index (χ1) is 11.9. The summed E-state index contributed by atoms with van der Waals surface area (Å²) in [5.41, 5.74) is 0. The molecule has 1 heterocycles. The van der Waals surface area contributed by atoms with Crippen LogP contribution in [0.15, 0.2) is 0 Å². The maximum atomic E-state index is 3.96. The molecule has 1 atom stereocenters. The quantitative estimate of drug-likeness (QED) is 0.552. The fraction of sp³-hybridized carbons (Fsp3) is 1.00. The van der Waals surface area contributed by atoms with Crippen molar-refractivity contribution in [2.24, 2.45) is 0 Å². The van der Waals surface area contributed by atoms with Gasteiger partial charge >= 0.3 is 0 Å². The van der Waals surface area contributed by atoms with Crippen LogP contribution in [0.3, 0.4) is 0 Å². The van der Waals surface area contributed by atoms with E-state index in [2.05, 4.69) is 60.5 Å². The number of hydrogen-bond acceptors (Lipinski definition) is 5. The van der Waals surface area contributed by atoms with Crippen molar-refractivity contribution in [1.82, 2.24) is 25.8 Å². The molecular formula is C20H43N5. The van der Waals surface area contributed by atoms with Crippen molar-refractivity contribution in [3.8, 4) is 0 Å². The third-order valence-corrected chi connectivity index (χ3v) is 5.66. The first kappa shape index (κ1) is 21.1. The van der Waals surface area contributed by atoms with Gasteiger partial charge in [0, 0.05) is 43.8 Å². The molecule has 148 valence electrons. The number of nitrogens with one attached hydrogen (secondary N) is 3. The normalized spacial score (nSPS) is 29.6. The van der Waals surface area contributed by atoms with Crippen LogP contribution < -0.4 is 16.0 Å². The fourth-order valence-corrected chi connectivity index (χ4v) is 4.18. The molecule has 3 N–H and O–H groups in total. The lowest BCUT2D eigenvalue weighted by molar-refractivity contribution is 0.0628. The maximum Gasteiger partial charge on any atom is 0.0728 e. The molecular weight excluding hydrogens is 310 g/mol. The number of nitrogens with zero attached hydrogens (tertiary/aromatic N) is 2. The first-order valence-electron chi connectivity index (χ1n) is 10.6. The summed E-state index contributed by atoms with van der Waals surface area (Å²) in [6.45, 7) is 14.9. The molecule has 2 rings (SSSR count). The predicted octanol–water partition coefficient (Wildman–Crippen LogP) is 1.85. The van der Waals surface area contributed by atoms with Crippen LogP contribution in [0.5, 0.6) is 0 Å². The largest absolute Gasteiger partial charge is 0.314 e. The molecule has 0 spiro atoms. The van der Waals surface area contributed by atoms with Crippen LogP contribution >= 0.6 is 0 Å². The van der Waals surface area contributed by atoms with Gasteiger partial charge in [-0.15, -0.1) is 0 Å². The van der Waals surface area contributed by atoms with Crippen LogP contribution in [0.4, 0.5) is 0 Å². The molecule has 1 unspecified atom stereocenters. The molecule has 5 heteroatoms. The van der Waals surface area contributed by atoms with E-state index in [4.69, 9.17) is 0 Å². The van der Waals surface area contributed by atoms with Gasteiger partial charge in [0.25, 0.3) is 0 Å². The van der Waals surface area contributed by atoms with Gasteiger partial charge in [0.05, 0.1) is 6.17 Å². The molecule has 2 fully saturated rings. The van der Waals surface area contributed by atoms with Crippen molar-refractivity contribution < 1.29 is 0 Å². The van der Waals surface area contributed by atoms with E-state index in [1.54, 1.807) is 0 Å². The number of piperazine rings is 1. The van der Waals surface area contributed by atoms with E-state index in [0.717, 1.165) is 12.6 Å². The fourth-order valence-electron chi connectivity index (χ4n) is 4.18. The number of hydrogen-bond donors (Lipinski definition) is 3. The van der Waals surface area contributed by atoms with Crippen molar-refractivity contribution in [1.29, 1.82) is 0 Å². The van der Waals surface area contributed by atoms with E-state index in [9.17, 15) is 0 Å². The minimum atomic E-state index is 0.520. The summed E-state index contributed by atoms with van der Waals surface area (Å²) in [5, 5.41) is 11.2. The van der Waals surface area contributed by atoms with Gasteiger partial charge < -0.3 is 10.6 Å². The SMILES string of the molecule is CC(C)NCCCN1CCN(C)C(NC2CCC(NC(C)C)CC2)C1. The van der Waals surface area contributed by atoms with Crippen LogP contribution in [-0.4, -0.2) is 79.9 Å². The Morgan fingerprint density at radius 3 is 2.24 bits per heavy atom. The predicted molar refractivity (Wildman–Crippen MR) is 108 cm³/mol. The van der Waals surface area contributed by atoms with E-state index >= 15 is 0 Å². The van der Waals surface area contributed by atoms with Gasteiger partial charge in [-0.05, 0) is 52.2 Å². The summed E-state index contributed by atoms with van der Waals surface area (Å²) in [4.78, 5) is 5.16. The van der Waals surface area contributed by atoms with E-state index in [-0.39, 0.29) is 0 Å². The molecule has 0 aromatic carbocycles. The molecule has 2 aliphatic rings. The van der Waals surface area contributed by atoms with Crippen LogP contribution in [0.25, 0.3) is 0 Å². The minimum Gasteiger partial charge on any atom is -0.314 e. The van der Waals surface area contributed by atoms with Crippen molar-refractivity contribution in [2.75, 3.05) is 39.8 Å². The van der Waals surface area contributed by atoms with Crippen LogP contribution in [0.1, 0.15) is 59.8 Å². The molecule has 1 aliphatic heterocycles. The molecule has 0 radical (unpaired) electrons. The summed E-state index contributed by atoms with van der Waals surface area (Å²) in [6.07, 6.45) is 7.03. The van der Waals surface area contributed by atoms with Crippen LogP contribution in [0.2, 0.25) is 0 Å². The Morgan fingerprint density at radius 1 is 0.920 bits per heavy atom. The average Bonchev–Trinajstić information content (AvgIpc) is 2.55. The Kier molecular flexibility index (Phi) is 9.14. The van der Waals surface area contributed by atoms with Crippen LogP contribution in [0, 0.1) is 0 Å². The molecule has 0 bridgehead atoms. The molecule has 0 aromatic rings. The highest BCUT2D eigenvalue weighted by molar-refractivity contribution is 4.86. The Hall–Kier alpha value is -0.200. The van der Waals surface area contributed by atoms with E-state index < -0.39 is 0 Å². The van der Waals surface area contributed by atoms with Gasteiger partial charge in [-0.25, -0.2) is 0 Å². The Labute approximate surface area is 156 Å². The summed E-state index contributed by atoms with van der Waals surface area (Å²) < 4.78 is 0. The minimum absolute atomic E-state index is 0.520. The third-order valence-electron chi connectivity index (χ3n) is 5.66. The summed E-state index contributed by atoms with van der Waals surface area (Å²) in [6, 6.07) is 2.63. The zero-order valence-electron chi connectivity index (χ0n) is 17.4. The third kappa shape index (κ3) is 7.92. The standard InChI is InChI=1S/C20H43N5/c1-16(2)21-11-6-12-25-14-13-24(5)20(15-25)23-19-9-7-18(8-10-19)22-17(3)4/h16-23H,6-15H2,1-5H3. The van der Waals surface area contributed by atoms with Gasteiger partial charge in [-0.1, -0.05) is 27.7 Å². The lowest BCUT2D eigenvalue weighted by Gasteiger charge is -2.42. The van der Waals surface area contributed by atoms with Crippen molar-refractivity contribution in [3.63, 3.8) is 0 Å². The topological polar surface area (TPSA) is 42.6 Å². The van der Waals surface area contributed by atoms with E-state index in [1.165, 1.54) is 58.3 Å². The summed E-state index contributed by atoms with van der Waals surface area (Å²) >= 11 is 0.